The average molecular weight is 202 g/mol. The molecule has 1 heteroatoms. The number of hydrogen-bond donors (Lipinski definition) is 0. The van der Waals surface area contributed by atoms with Crippen molar-refractivity contribution in [2.24, 2.45) is 0 Å². The minimum atomic E-state index is 0.245. The van der Waals surface area contributed by atoms with Gasteiger partial charge in [-0.15, -0.1) is 0 Å². The van der Waals surface area contributed by atoms with E-state index in [0.717, 1.165) is 6.61 Å². The monoisotopic (exact) mass is 202 g/mol. The first kappa shape index (κ1) is 10.3. The molecule has 0 unspecified atom stereocenters. The van der Waals surface area contributed by atoms with Crippen LogP contribution in [-0.4, -0.2) is 6.61 Å². The van der Waals surface area contributed by atoms with Crippen molar-refractivity contribution in [1.82, 2.24) is 0 Å². The maximum atomic E-state index is 5.44. The summed E-state index contributed by atoms with van der Waals surface area (Å²) in [5.74, 6) is 0. The van der Waals surface area contributed by atoms with E-state index in [9.17, 15) is 0 Å². The molecule has 0 aromatic heterocycles. The Morgan fingerprint density at radius 1 is 1.20 bits per heavy atom. The molecule has 1 aromatic rings. The van der Waals surface area contributed by atoms with Crippen LogP contribution in [0.1, 0.15) is 31.2 Å². The molecule has 2 rings (SSSR count). The van der Waals surface area contributed by atoms with Crippen molar-refractivity contribution in [2.45, 2.75) is 31.1 Å². The van der Waals surface area contributed by atoms with Gasteiger partial charge in [0.05, 0.1) is 12.9 Å². The van der Waals surface area contributed by atoms with Crippen LogP contribution in [-0.2, 0) is 10.2 Å². The average Bonchev–Trinajstić information content (AvgIpc) is 2.78. The lowest BCUT2D eigenvalue weighted by Gasteiger charge is -2.28. The number of rotatable bonds is 4. The van der Waals surface area contributed by atoms with Crippen molar-refractivity contribution in [3.8, 4) is 0 Å². The van der Waals surface area contributed by atoms with Gasteiger partial charge in [0.25, 0.3) is 0 Å². The molecular formula is C14H18O. The molecule has 15 heavy (non-hydrogen) atoms. The zero-order valence-electron chi connectivity index (χ0n) is 9.11. The van der Waals surface area contributed by atoms with Gasteiger partial charge in [0, 0.05) is 5.41 Å². The Morgan fingerprint density at radius 3 is 2.47 bits per heavy atom. The minimum Gasteiger partial charge on any atom is -0.501 e. The van der Waals surface area contributed by atoms with Crippen LogP contribution >= 0.6 is 0 Å². The normalized spacial score (nSPS) is 18.7. The lowest BCUT2D eigenvalue weighted by atomic mass is 9.80. The zero-order chi connectivity index (χ0) is 10.6. The first-order chi connectivity index (χ1) is 7.37. The quantitative estimate of drug-likeness (QED) is 0.677. The van der Waals surface area contributed by atoms with Crippen LogP contribution in [0.25, 0.3) is 0 Å². The smallest absolute Gasteiger partial charge is 0.0969 e. The molecule has 1 nitrogen and oxygen atoms in total. The third-order valence-electron chi connectivity index (χ3n) is 3.42. The largest absolute Gasteiger partial charge is 0.501 e. The van der Waals surface area contributed by atoms with E-state index in [-0.39, 0.29) is 5.41 Å². The lowest BCUT2D eigenvalue weighted by Crippen LogP contribution is -2.27. The van der Waals surface area contributed by atoms with E-state index in [2.05, 4.69) is 36.9 Å². The summed E-state index contributed by atoms with van der Waals surface area (Å²) in [5.41, 5.74) is 1.67. The number of benzene rings is 1. The summed E-state index contributed by atoms with van der Waals surface area (Å²) in [5, 5.41) is 0. The molecule has 0 saturated heterocycles. The van der Waals surface area contributed by atoms with E-state index in [4.69, 9.17) is 4.74 Å². The summed E-state index contributed by atoms with van der Waals surface area (Å²) >= 11 is 0. The van der Waals surface area contributed by atoms with Crippen LogP contribution in [0, 0.1) is 0 Å². The van der Waals surface area contributed by atoms with Gasteiger partial charge in [-0.25, -0.2) is 0 Å². The second kappa shape index (κ2) is 4.52. The molecule has 0 radical (unpaired) electrons. The molecule has 1 aromatic carbocycles. The highest BCUT2D eigenvalue weighted by Gasteiger charge is 2.35. The maximum Gasteiger partial charge on any atom is 0.0969 e. The van der Waals surface area contributed by atoms with Crippen LogP contribution < -0.4 is 0 Å². The highest BCUT2D eigenvalue weighted by Crippen LogP contribution is 2.41. The lowest BCUT2D eigenvalue weighted by molar-refractivity contribution is 0.169. The fourth-order valence-electron chi connectivity index (χ4n) is 2.58. The standard InChI is InChI=1S/C14H18O/c1-2-15-12-14(10-6-7-11-14)13-8-4-3-5-9-13/h2-5,8-9H,1,6-7,10-12H2. The summed E-state index contributed by atoms with van der Waals surface area (Å²) in [7, 11) is 0. The highest BCUT2D eigenvalue weighted by atomic mass is 16.5. The Kier molecular flexibility index (Phi) is 3.10. The van der Waals surface area contributed by atoms with E-state index >= 15 is 0 Å². The van der Waals surface area contributed by atoms with Crippen LogP contribution in [0.2, 0.25) is 0 Å². The molecule has 0 N–H and O–H groups in total. The molecule has 1 saturated carbocycles. The van der Waals surface area contributed by atoms with Gasteiger partial charge in [0.2, 0.25) is 0 Å². The molecule has 0 heterocycles. The molecule has 0 aliphatic heterocycles. The SMILES string of the molecule is C=COCC1(c2ccccc2)CCCC1. The number of ether oxygens (including phenoxy) is 1. The fraction of sp³-hybridized carbons (Fsp3) is 0.429. The summed E-state index contributed by atoms with van der Waals surface area (Å²) in [6, 6.07) is 10.7. The van der Waals surface area contributed by atoms with E-state index in [1.165, 1.54) is 31.2 Å². The first-order valence-electron chi connectivity index (χ1n) is 5.65. The van der Waals surface area contributed by atoms with Gasteiger partial charge in [0.15, 0.2) is 0 Å². The predicted molar refractivity (Wildman–Crippen MR) is 62.7 cm³/mol. The summed E-state index contributed by atoms with van der Waals surface area (Å²) < 4.78 is 5.44. The Morgan fingerprint density at radius 2 is 1.87 bits per heavy atom. The summed E-state index contributed by atoms with van der Waals surface area (Å²) in [6.07, 6.45) is 6.67. The molecule has 0 bridgehead atoms. The van der Waals surface area contributed by atoms with Gasteiger partial charge < -0.3 is 4.74 Å². The van der Waals surface area contributed by atoms with Crippen LogP contribution in [0.3, 0.4) is 0 Å². The minimum absolute atomic E-state index is 0.245. The molecule has 80 valence electrons. The van der Waals surface area contributed by atoms with Crippen LogP contribution in [0.4, 0.5) is 0 Å². The second-order valence-electron chi connectivity index (χ2n) is 4.33. The summed E-state index contributed by atoms with van der Waals surface area (Å²) in [4.78, 5) is 0. The second-order valence-corrected chi connectivity index (χ2v) is 4.33. The molecule has 0 spiro atoms. The Bertz CT molecular complexity index is 309. The van der Waals surface area contributed by atoms with Gasteiger partial charge in [-0.3, -0.25) is 0 Å². The van der Waals surface area contributed by atoms with E-state index in [1.54, 1.807) is 6.26 Å². The zero-order valence-corrected chi connectivity index (χ0v) is 9.11. The van der Waals surface area contributed by atoms with Crippen molar-refractivity contribution < 1.29 is 4.74 Å². The van der Waals surface area contributed by atoms with Crippen molar-refractivity contribution in [3.63, 3.8) is 0 Å². The van der Waals surface area contributed by atoms with Crippen molar-refractivity contribution in [2.75, 3.05) is 6.61 Å². The van der Waals surface area contributed by atoms with Crippen molar-refractivity contribution in [1.29, 1.82) is 0 Å². The molecule has 1 aliphatic rings. The van der Waals surface area contributed by atoms with Gasteiger partial charge in [-0.2, -0.15) is 0 Å². The Hall–Kier alpha value is -1.24. The summed E-state index contributed by atoms with van der Waals surface area (Å²) in [6.45, 7) is 4.40. The highest BCUT2D eigenvalue weighted by molar-refractivity contribution is 5.26. The van der Waals surface area contributed by atoms with Gasteiger partial charge in [-0.05, 0) is 18.4 Å². The molecule has 0 amide bonds. The predicted octanol–water partition coefficient (Wildman–Crippen LogP) is 3.66. The molecule has 0 atom stereocenters. The maximum absolute atomic E-state index is 5.44. The molecule has 1 fully saturated rings. The topological polar surface area (TPSA) is 9.23 Å². The molecular weight excluding hydrogens is 184 g/mol. The van der Waals surface area contributed by atoms with Crippen LogP contribution in [0.15, 0.2) is 43.2 Å². The van der Waals surface area contributed by atoms with Gasteiger partial charge >= 0.3 is 0 Å². The van der Waals surface area contributed by atoms with Crippen molar-refractivity contribution >= 4 is 0 Å². The Labute approximate surface area is 91.8 Å². The van der Waals surface area contributed by atoms with Gasteiger partial charge in [0.1, 0.15) is 0 Å². The first-order valence-corrected chi connectivity index (χ1v) is 5.65. The third-order valence-corrected chi connectivity index (χ3v) is 3.42. The van der Waals surface area contributed by atoms with Crippen LogP contribution in [0.5, 0.6) is 0 Å². The third kappa shape index (κ3) is 2.06. The van der Waals surface area contributed by atoms with Crippen molar-refractivity contribution in [3.05, 3.63) is 48.7 Å². The number of hydrogen-bond acceptors (Lipinski definition) is 1. The van der Waals surface area contributed by atoms with E-state index in [1.807, 2.05) is 0 Å². The van der Waals surface area contributed by atoms with E-state index in [0.29, 0.717) is 0 Å². The molecule has 1 aliphatic carbocycles. The van der Waals surface area contributed by atoms with E-state index < -0.39 is 0 Å². The fourth-order valence-corrected chi connectivity index (χ4v) is 2.58. The van der Waals surface area contributed by atoms with Gasteiger partial charge in [-0.1, -0.05) is 49.8 Å². The Balaban J connectivity index is 2.22.